The van der Waals surface area contributed by atoms with Crippen molar-refractivity contribution in [2.75, 3.05) is 77.1 Å². The summed E-state index contributed by atoms with van der Waals surface area (Å²) in [4.78, 5) is 11.7. The van der Waals surface area contributed by atoms with E-state index in [4.69, 9.17) is 28.4 Å². The third-order valence-corrected chi connectivity index (χ3v) is 6.40. The number of ether oxygens (including phenoxy) is 6. The first-order valence-corrected chi connectivity index (χ1v) is 15.9. The molecule has 0 rings (SSSR count). The van der Waals surface area contributed by atoms with Gasteiger partial charge in [-0.05, 0) is 23.7 Å². The Morgan fingerprint density at radius 2 is 0.861 bits per heavy atom. The Balaban J connectivity index is 3.11. The first kappa shape index (κ1) is 36.0. The van der Waals surface area contributed by atoms with Crippen molar-refractivity contribution in [2.24, 2.45) is 0 Å². The fourth-order valence-electron chi connectivity index (χ4n) is 3.50. The number of hydrogen-bond donors (Lipinski definition) is 0. The van der Waals surface area contributed by atoms with Gasteiger partial charge in [-0.2, -0.15) is 0 Å². The van der Waals surface area contributed by atoms with Gasteiger partial charge in [-0.15, -0.1) is 0 Å². The molecule has 0 N–H and O–H groups in total. The standard InChI is InChI=1S/C28H55IO7/c1-2-3-4-5-6-7-8-9-12-15-28(30)36-27-26-35-25-24-34-23-22-33-21-20-32-19-18-31-17-14-11-10-13-16-29/h2-27H2,1H3. The van der Waals surface area contributed by atoms with Gasteiger partial charge in [-0.1, -0.05) is 93.7 Å². The van der Waals surface area contributed by atoms with Gasteiger partial charge in [0.2, 0.25) is 0 Å². The molecule has 0 aliphatic rings. The number of carbonyl (C=O) groups is 1. The predicted octanol–water partition coefficient (Wildman–Crippen LogP) is 6.53. The largest absolute Gasteiger partial charge is 0.463 e. The molecule has 0 amide bonds. The van der Waals surface area contributed by atoms with Crippen molar-refractivity contribution in [3.63, 3.8) is 0 Å². The Hall–Kier alpha value is -0.000000000000000222. The molecule has 7 nitrogen and oxygen atoms in total. The zero-order chi connectivity index (χ0) is 26.2. The van der Waals surface area contributed by atoms with E-state index in [2.05, 4.69) is 29.5 Å². The van der Waals surface area contributed by atoms with Crippen LogP contribution < -0.4 is 0 Å². The van der Waals surface area contributed by atoms with E-state index in [0.717, 1.165) is 25.9 Å². The van der Waals surface area contributed by atoms with Gasteiger partial charge in [-0.25, -0.2) is 0 Å². The van der Waals surface area contributed by atoms with Crippen molar-refractivity contribution < 1.29 is 33.2 Å². The van der Waals surface area contributed by atoms with Crippen LogP contribution >= 0.6 is 22.6 Å². The topological polar surface area (TPSA) is 72.5 Å². The summed E-state index contributed by atoms with van der Waals surface area (Å²) in [7, 11) is 0. The molecule has 0 saturated carbocycles. The van der Waals surface area contributed by atoms with Crippen molar-refractivity contribution >= 4 is 28.6 Å². The van der Waals surface area contributed by atoms with Crippen LogP contribution in [-0.2, 0) is 33.2 Å². The Bertz CT molecular complexity index is 427. The highest BCUT2D eigenvalue weighted by molar-refractivity contribution is 14.1. The van der Waals surface area contributed by atoms with Crippen molar-refractivity contribution in [1.29, 1.82) is 0 Å². The zero-order valence-corrected chi connectivity index (χ0v) is 25.3. The van der Waals surface area contributed by atoms with E-state index in [1.54, 1.807) is 0 Å². The van der Waals surface area contributed by atoms with E-state index in [1.807, 2.05) is 0 Å². The predicted molar refractivity (Wildman–Crippen MR) is 154 cm³/mol. The molecule has 0 aliphatic carbocycles. The van der Waals surface area contributed by atoms with Gasteiger partial charge in [0.15, 0.2) is 0 Å². The molecule has 0 aromatic rings. The van der Waals surface area contributed by atoms with Gasteiger partial charge in [0.05, 0.1) is 59.5 Å². The van der Waals surface area contributed by atoms with Crippen LogP contribution in [0.3, 0.4) is 0 Å². The molecular weight excluding hydrogens is 575 g/mol. The van der Waals surface area contributed by atoms with E-state index < -0.39 is 0 Å². The normalized spacial score (nSPS) is 11.3. The summed E-state index contributed by atoms with van der Waals surface area (Å²) in [5, 5.41) is 0. The number of halogens is 1. The quantitative estimate of drug-likeness (QED) is 0.0374. The van der Waals surface area contributed by atoms with Crippen LogP contribution in [0.2, 0.25) is 0 Å². The SMILES string of the molecule is CCCCCCCCCCCC(=O)OCCOCCOCCOCCOCCOCCCCCCI. The second kappa shape index (κ2) is 33.0. The van der Waals surface area contributed by atoms with E-state index in [9.17, 15) is 4.79 Å². The minimum absolute atomic E-state index is 0.121. The molecule has 0 heterocycles. The van der Waals surface area contributed by atoms with E-state index in [-0.39, 0.29) is 5.97 Å². The molecular formula is C28H55IO7. The Morgan fingerprint density at radius 3 is 1.36 bits per heavy atom. The molecule has 0 aromatic carbocycles. The second-order valence-corrected chi connectivity index (χ2v) is 10.0. The lowest BCUT2D eigenvalue weighted by Crippen LogP contribution is -2.15. The minimum Gasteiger partial charge on any atom is -0.463 e. The Kier molecular flexibility index (Phi) is 33.0. The molecule has 0 fully saturated rings. The summed E-state index contributed by atoms with van der Waals surface area (Å²) in [6, 6.07) is 0. The number of rotatable bonds is 31. The zero-order valence-electron chi connectivity index (χ0n) is 23.1. The summed E-state index contributed by atoms with van der Waals surface area (Å²) in [6.45, 7) is 8.21. The fraction of sp³-hybridized carbons (Fsp3) is 0.964. The highest BCUT2D eigenvalue weighted by Crippen LogP contribution is 2.10. The summed E-state index contributed by atoms with van der Waals surface area (Å²) in [5.74, 6) is -0.121. The highest BCUT2D eigenvalue weighted by Gasteiger charge is 2.02. The van der Waals surface area contributed by atoms with Crippen LogP contribution in [0.1, 0.15) is 96.8 Å². The maximum atomic E-state index is 11.7. The first-order valence-electron chi connectivity index (χ1n) is 14.4. The van der Waals surface area contributed by atoms with Gasteiger partial charge in [0.1, 0.15) is 6.61 Å². The molecule has 0 radical (unpaired) electrons. The van der Waals surface area contributed by atoms with Gasteiger partial charge in [0, 0.05) is 13.0 Å². The van der Waals surface area contributed by atoms with Gasteiger partial charge >= 0.3 is 5.97 Å². The second-order valence-electron chi connectivity index (χ2n) is 8.96. The van der Waals surface area contributed by atoms with Crippen LogP contribution in [0.15, 0.2) is 0 Å². The molecule has 0 spiro atoms. The lowest BCUT2D eigenvalue weighted by Gasteiger charge is -2.08. The van der Waals surface area contributed by atoms with Gasteiger partial charge < -0.3 is 28.4 Å². The average Bonchev–Trinajstić information content (AvgIpc) is 2.88. The number of carbonyl (C=O) groups excluding carboxylic acids is 1. The fourth-order valence-corrected chi connectivity index (χ4v) is 4.04. The Labute approximate surface area is 235 Å². The first-order chi connectivity index (χ1) is 17.8. The van der Waals surface area contributed by atoms with E-state index >= 15 is 0 Å². The summed E-state index contributed by atoms with van der Waals surface area (Å²) in [6.07, 6.45) is 16.7. The summed E-state index contributed by atoms with van der Waals surface area (Å²) in [5.41, 5.74) is 0. The summed E-state index contributed by atoms with van der Waals surface area (Å²) < 4.78 is 33.8. The number of alkyl halides is 1. The van der Waals surface area contributed by atoms with Crippen LogP contribution in [0.5, 0.6) is 0 Å². The maximum absolute atomic E-state index is 11.7. The van der Waals surface area contributed by atoms with Crippen molar-refractivity contribution in [1.82, 2.24) is 0 Å². The lowest BCUT2D eigenvalue weighted by atomic mass is 10.1. The Morgan fingerprint density at radius 1 is 0.472 bits per heavy atom. The van der Waals surface area contributed by atoms with Crippen molar-refractivity contribution in [2.45, 2.75) is 96.8 Å². The average molecular weight is 631 g/mol. The third kappa shape index (κ3) is 32.0. The third-order valence-electron chi connectivity index (χ3n) is 5.64. The van der Waals surface area contributed by atoms with Gasteiger partial charge in [-0.3, -0.25) is 4.79 Å². The van der Waals surface area contributed by atoms with Crippen LogP contribution in [0, 0.1) is 0 Å². The van der Waals surface area contributed by atoms with Crippen molar-refractivity contribution in [3.05, 3.63) is 0 Å². The van der Waals surface area contributed by atoms with Crippen LogP contribution in [0.4, 0.5) is 0 Å². The number of unbranched alkanes of at least 4 members (excludes halogenated alkanes) is 11. The van der Waals surface area contributed by atoms with Crippen LogP contribution in [0.25, 0.3) is 0 Å². The van der Waals surface area contributed by atoms with Gasteiger partial charge in [0.25, 0.3) is 0 Å². The summed E-state index contributed by atoms with van der Waals surface area (Å²) >= 11 is 2.42. The monoisotopic (exact) mass is 630 g/mol. The molecule has 0 atom stereocenters. The molecule has 0 saturated heterocycles. The molecule has 0 aromatic heterocycles. The molecule has 216 valence electrons. The van der Waals surface area contributed by atoms with Crippen LogP contribution in [-0.4, -0.2) is 83.1 Å². The van der Waals surface area contributed by atoms with Crippen molar-refractivity contribution in [3.8, 4) is 0 Å². The van der Waals surface area contributed by atoms with E-state index in [0.29, 0.717) is 72.5 Å². The maximum Gasteiger partial charge on any atom is 0.305 e. The minimum atomic E-state index is -0.121. The smallest absolute Gasteiger partial charge is 0.305 e. The molecule has 8 heteroatoms. The molecule has 0 aliphatic heterocycles. The number of hydrogen-bond acceptors (Lipinski definition) is 7. The lowest BCUT2D eigenvalue weighted by molar-refractivity contribution is -0.145. The molecule has 0 bridgehead atoms. The molecule has 36 heavy (non-hydrogen) atoms. The molecule has 0 unspecified atom stereocenters. The van der Waals surface area contributed by atoms with E-state index in [1.165, 1.54) is 68.6 Å². The highest BCUT2D eigenvalue weighted by atomic mass is 127. The number of esters is 1.